The number of rotatable bonds is 3. The zero-order valence-electron chi connectivity index (χ0n) is 14.7. The van der Waals surface area contributed by atoms with Crippen molar-refractivity contribution < 1.29 is 17.6 Å². The summed E-state index contributed by atoms with van der Waals surface area (Å²) in [5, 5.41) is 3.34. The fourth-order valence-electron chi connectivity index (χ4n) is 3.62. The van der Waals surface area contributed by atoms with Crippen LogP contribution < -0.4 is 5.32 Å². The smallest absolute Gasteiger partial charge is 0.255 e. The van der Waals surface area contributed by atoms with Crippen LogP contribution in [0.3, 0.4) is 0 Å². The number of sulfone groups is 1. The number of benzene rings is 1. The Morgan fingerprint density at radius 3 is 2.67 bits per heavy atom. The molecule has 1 saturated heterocycles. The lowest BCUT2D eigenvalue weighted by Crippen LogP contribution is -2.43. The van der Waals surface area contributed by atoms with Crippen LogP contribution in [0, 0.1) is 5.82 Å². The lowest BCUT2D eigenvalue weighted by Gasteiger charge is -2.26. The summed E-state index contributed by atoms with van der Waals surface area (Å²) < 4.78 is 36.3. The van der Waals surface area contributed by atoms with Crippen molar-refractivity contribution in [2.45, 2.75) is 18.9 Å². The first-order chi connectivity index (χ1) is 12.9. The molecule has 2 heterocycles. The maximum Gasteiger partial charge on any atom is 0.255 e. The molecule has 1 aliphatic heterocycles. The highest BCUT2D eigenvalue weighted by molar-refractivity contribution is 7.91. The van der Waals surface area contributed by atoms with E-state index in [0.29, 0.717) is 11.4 Å². The van der Waals surface area contributed by atoms with Gasteiger partial charge in [-0.15, -0.1) is 0 Å². The fourth-order valence-corrected chi connectivity index (χ4v) is 4.82. The van der Waals surface area contributed by atoms with Crippen LogP contribution in [0.4, 0.5) is 10.2 Å². The summed E-state index contributed by atoms with van der Waals surface area (Å²) in [5.74, 6) is 0.238. The van der Waals surface area contributed by atoms with E-state index in [9.17, 15) is 17.6 Å². The van der Waals surface area contributed by atoms with Gasteiger partial charge >= 0.3 is 0 Å². The average Bonchev–Trinajstić information content (AvgIpc) is 3.03. The number of carbonyl (C=O) groups excluding carboxylic acids is 1. The Bertz CT molecular complexity index is 962. The van der Waals surface area contributed by atoms with Crippen molar-refractivity contribution in [1.82, 2.24) is 9.88 Å². The third kappa shape index (κ3) is 3.80. The maximum atomic E-state index is 13.3. The Balaban J connectivity index is 1.42. The zero-order valence-corrected chi connectivity index (χ0v) is 15.5. The van der Waals surface area contributed by atoms with Crippen molar-refractivity contribution in [3.05, 3.63) is 59.0 Å². The molecule has 2 aliphatic rings. The maximum absolute atomic E-state index is 13.3. The molecule has 2 aromatic rings. The molecule has 0 radical (unpaired) electrons. The minimum absolute atomic E-state index is 0.00743. The summed E-state index contributed by atoms with van der Waals surface area (Å²) in [5.41, 5.74) is 2.53. The highest BCUT2D eigenvalue weighted by Gasteiger charge is 2.26. The van der Waals surface area contributed by atoms with Crippen molar-refractivity contribution >= 4 is 21.6 Å². The number of aromatic nitrogens is 1. The summed E-state index contributed by atoms with van der Waals surface area (Å²) in [6.45, 7) is 0.438. The highest BCUT2D eigenvalue weighted by atomic mass is 32.2. The zero-order chi connectivity index (χ0) is 19.0. The molecule has 1 amide bonds. The molecule has 1 fully saturated rings. The minimum atomic E-state index is -3.02. The molecule has 1 N–H and O–H groups in total. The van der Waals surface area contributed by atoms with Crippen LogP contribution >= 0.6 is 0 Å². The molecule has 1 aromatic heterocycles. The second-order valence-corrected chi connectivity index (χ2v) is 9.26. The number of carbonyl (C=O) groups is 1. The normalized spacial score (nSPS) is 20.9. The van der Waals surface area contributed by atoms with Gasteiger partial charge < -0.3 is 10.2 Å². The Hall–Kier alpha value is -2.48. The van der Waals surface area contributed by atoms with Crippen molar-refractivity contribution in [3.63, 3.8) is 0 Å². The van der Waals surface area contributed by atoms with Crippen LogP contribution in [0.25, 0.3) is 0 Å². The molecule has 4 rings (SSSR count). The van der Waals surface area contributed by atoms with Crippen molar-refractivity contribution in [2.24, 2.45) is 0 Å². The molecule has 0 bridgehead atoms. The molecule has 0 saturated carbocycles. The Labute approximate surface area is 157 Å². The van der Waals surface area contributed by atoms with Crippen molar-refractivity contribution in [2.75, 3.05) is 29.9 Å². The monoisotopic (exact) mass is 389 g/mol. The molecule has 6 nitrogen and oxygen atoms in total. The van der Waals surface area contributed by atoms with Gasteiger partial charge in [-0.1, -0.05) is 6.07 Å². The van der Waals surface area contributed by atoms with Crippen LogP contribution in [0.15, 0.2) is 36.5 Å². The molecule has 8 heteroatoms. The van der Waals surface area contributed by atoms with E-state index in [0.717, 1.165) is 24.0 Å². The van der Waals surface area contributed by atoms with Gasteiger partial charge in [-0.2, -0.15) is 0 Å². The van der Waals surface area contributed by atoms with Gasteiger partial charge in [0, 0.05) is 19.3 Å². The van der Waals surface area contributed by atoms with E-state index < -0.39 is 9.84 Å². The SMILES string of the molecule is O=C(c1ccc(NC2CCc3cc(F)ccc32)nc1)N1CCS(=O)(=O)CC1. The predicted octanol–water partition coefficient (Wildman–Crippen LogP) is 2.19. The Morgan fingerprint density at radius 2 is 1.96 bits per heavy atom. The van der Waals surface area contributed by atoms with Gasteiger partial charge in [0.2, 0.25) is 0 Å². The number of halogens is 1. The van der Waals surface area contributed by atoms with E-state index in [-0.39, 0.29) is 42.4 Å². The number of hydrogen-bond acceptors (Lipinski definition) is 5. The number of nitrogens with one attached hydrogen (secondary N) is 1. The Kier molecular flexibility index (Phi) is 4.59. The van der Waals surface area contributed by atoms with E-state index in [1.807, 2.05) is 0 Å². The predicted molar refractivity (Wildman–Crippen MR) is 99.9 cm³/mol. The van der Waals surface area contributed by atoms with Crippen LogP contribution in [-0.4, -0.2) is 48.8 Å². The third-order valence-electron chi connectivity index (χ3n) is 5.15. The van der Waals surface area contributed by atoms with E-state index in [4.69, 9.17) is 0 Å². The quantitative estimate of drug-likeness (QED) is 0.871. The summed E-state index contributed by atoms with van der Waals surface area (Å²) in [7, 11) is -3.02. The minimum Gasteiger partial charge on any atom is -0.363 e. The first kappa shape index (κ1) is 17.9. The molecule has 1 atom stereocenters. The van der Waals surface area contributed by atoms with E-state index in [1.165, 1.54) is 12.3 Å². The van der Waals surface area contributed by atoms with Gasteiger partial charge in [0.05, 0.1) is 23.1 Å². The standard InChI is InChI=1S/C19H20FN3O3S/c20-15-3-4-16-13(11-15)1-5-17(16)22-18-6-2-14(12-21-18)19(24)23-7-9-27(25,26)10-8-23/h2-4,6,11-12,17H,1,5,7-10H2,(H,21,22). The van der Waals surface area contributed by atoms with Gasteiger partial charge in [0.1, 0.15) is 11.6 Å². The van der Waals surface area contributed by atoms with Crippen molar-refractivity contribution in [3.8, 4) is 0 Å². The fraction of sp³-hybridized carbons (Fsp3) is 0.368. The second kappa shape index (κ2) is 6.92. The lowest BCUT2D eigenvalue weighted by atomic mass is 10.1. The van der Waals surface area contributed by atoms with Crippen LogP contribution in [0.5, 0.6) is 0 Å². The molecule has 142 valence electrons. The molecule has 0 spiro atoms. The molecular weight excluding hydrogens is 369 g/mol. The number of fused-ring (bicyclic) bond motifs is 1. The molecule has 1 aliphatic carbocycles. The summed E-state index contributed by atoms with van der Waals surface area (Å²) in [6, 6.07) is 8.36. The average molecular weight is 389 g/mol. The highest BCUT2D eigenvalue weighted by Crippen LogP contribution is 2.33. The van der Waals surface area contributed by atoms with Gasteiger partial charge in [-0.25, -0.2) is 17.8 Å². The summed E-state index contributed by atoms with van der Waals surface area (Å²) >= 11 is 0. The van der Waals surface area contributed by atoms with Crippen LogP contribution in [-0.2, 0) is 16.3 Å². The van der Waals surface area contributed by atoms with E-state index >= 15 is 0 Å². The van der Waals surface area contributed by atoms with E-state index in [2.05, 4.69) is 10.3 Å². The number of anilines is 1. The first-order valence-corrected chi connectivity index (χ1v) is 10.7. The summed E-state index contributed by atoms with van der Waals surface area (Å²) in [4.78, 5) is 18.4. The van der Waals surface area contributed by atoms with Gasteiger partial charge in [-0.3, -0.25) is 4.79 Å². The number of pyridine rings is 1. The van der Waals surface area contributed by atoms with E-state index in [1.54, 1.807) is 29.2 Å². The second-order valence-electron chi connectivity index (χ2n) is 6.95. The molecule has 1 unspecified atom stereocenters. The number of nitrogens with zero attached hydrogens (tertiary/aromatic N) is 2. The summed E-state index contributed by atoms with van der Waals surface area (Å²) in [6.07, 6.45) is 3.19. The van der Waals surface area contributed by atoms with Crippen molar-refractivity contribution in [1.29, 1.82) is 0 Å². The number of amides is 1. The largest absolute Gasteiger partial charge is 0.363 e. The number of hydrogen-bond donors (Lipinski definition) is 1. The lowest BCUT2D eigenvalue weighted by molar-refractivity contribution is 0.0770. The van der Waals surface area contributed by atoms with Crippen LogP contribution in [0.1, 0.15) is 33.9 Å². The van der Waals surface area contributed by atoms with Gasteiger partial charge in [0.25, 0.3) is 5.91 Å². The van der Waals surface area contributed by atoms with Gasteiger partial charge in [-0.05, 0) is 48.2 Å². The molecular formula is C19H20FN3O3S. The topological polar surface area (TPSA) is 79.4 Å². The van der Waals surface area contributed by atoms with Gasteiger partial charge in [0.15, 0.2) is 9.84 Å². The Morgan fingerprint density at radius 1 is 1.19 bits per heavy atom. The molecule has 27 heavy (non-hydrogen) atoms. The third-order valence-corrected chi connectivity index (χ3v) is 6.76. The first-order valence-electron chi connectivity index (χ1n) is 8.92. The molecule has 1 aromatic carbocycles. The van der Waals surface area contributed by atoms with Crippen LogP contribution in [0.2, 0.25) is 0 Å². The number of aryl methyl sites for hydroxylation is 1.